The Labute approximate surface area is 124 Å². The van der Waals surface area contributed by atoms with E-state index in [1.54, 1.807) is 0 Å². The lowest BCUT2D eigenvalue weighted by Crippen LogP contribution is -2.33. The van der Waals surface area contributed by atoms with E-state index in [4.69, 9.17) is 23.2 Å². The van der Waals surface area contributed by atoms with Gasteiger partial charge in [-0.1, -0.05) is 29.3 Å². The van der Waals surface area contributed by atoms with Crippen LogP contribution in [0.4, 0.5) is 0 Å². The Morgan fingerprint density at radius 2 is 1.89 bits per heavy atom. The van der Waals surface area contributed by atoms with Gasteiger partial charge in [-0.05, 0) is 49.6 Å². The van der Waals surface area contributed by atoms with Crippen molar-refractivity contribution in [1.82, 2.24) is 5.32 Å². The summed E-state index contributed by atoms with van der Waals surface area (Å²) in [5.74, 6) is 0. The molecular weight excluding hydrogens is 285 g/mol. The molecule has 18 heavy (non-hydrogen) atoms. The Morgan fingerprint density at radius 1 is 1.17 bits per heavy atom. The third kappa shape index (κ3) is 4.06. The van der Waals surface area contributed by atoms with Crippen molar-refractivity contribution in [2.75, 3.05) is 6.26 Å². The second-order valence-electron chi connectivity index (χ2n) is 4.84. The number of rotatable bonds is 4. The molecule has 1 aromatic carbocycles. The Hall–Kier alpha value is 0.110. The van der Waals surface area contributed by atoms with Gasteiger partial charge in [-0.15, -0.1) is 0 Å². The molecule has 0 bridgehead atoms. The molecule has 1 nitrogen and oxygen atoms in total. The molecule has 0 aromatic heterocycles. The fourth-order valence-electron chi connectivity index (χ4n) is 2.41. The molecule has 0 aliphatic heterocycles. The van der Waals surface area contributed by atoms with Crippen LogP contribution in [0.15, 0.2) is 18.2 Å². The first kappa shape index (κ1) is 14.5. The molecule has 0 radical (unpaired) electrons. The van der Waals surface area contributed by atoms with E-state index in [9.17, 15) is 0 Å². The van der Waals surface area contributed by atoms with Gasteiger partial charge in [0, 0.05) is 17.8 Å². The van der Waals surface area contributed by atoms with E-state index >= 15 is 0 Å². The number of halogens is 2. The van der Waals surface area contributed by atoms with Crippen LogP contribution < -0.4 is 5.32 Å². The van der Waals surface area contributed by atoms with Crippen LogP contribution in [0.1, 0.15) is 31.2 Å². The Kier molecular flexibility index (Phi) is 5.68. The highest BCUT2D eigenvalue weighted by Gasteiger charge is 2.19. The van der Waals surface area contributed by atoms with Gasteiger partial charge in [0.25, 0.3) is 0 Å². The molecule has 4 heteroatoms. The van der Waals surface area contributed by atoms with E-state index in [1.807, 2.05) is 30.0 Å². The predicted molar refractivity (Wildman–Crippen MR) is 82.9 cm³/mol. The van der Waals surface area contributed by atoms with Gasteiger partial charge in [-0.2, -0.15) is 11.8 Å². The Bertz CT molecular complexity index is 389. The second-order valence-corrected chi connectivity index (χ2v) is 6.79. The maximum atomic E-state index is 6.01. The first-order valence-corrected chi connectivity index (χ1v) is 8.43. The van der Waals surface area contributed by atoms with Crippen LogP contribution in [0.5, 0.6) is 0 Å². The molecule has 1 saturated carbocycles. The summed E-state index contributed by atoms with van der Waals surface area (Å²) < 4.78 is 0. The average molecular weight is 304 g/mol. The van der Waals surface area contributed by atoms with Crippen molar-refractivity contribution in [1.29, 1.82) is 0 Å². The highest BCUT2D eigenvalue weighted by atomic mass is 35.5. The summed E-state index contributed by atoms with van der Waals surface area (Å²) in [5, 5.41) is 5.75. The van der Waals surface area contributed by atoms with Crippen molar-refractivity contribution in [3.05, 3.63) is 33.8 Å². The molecule has 100 valence electrons. The monoisotopic (exact) mass is 303 g/mol. The first-order valence-electron chi connectivity index (χ1n) is 6.39. The fourth-order valence-corrected chi connectivity index (χ4v) is 3.48. The highest BCUT2D eigenvalue weighted by Crippen LogP contribution is 2.27. The van der Waals surface area contributed by atoms with Gasteiger partial charge < -0.3 is 5.32 Å². The molecule has 2 rings (SSSR count). The van der Waals surface area contributed by atoms with Crippen LogP contribution in [-0.2, 0) is 6.54 Å². The standard InChI is InChI=1S/C14H19Cl2NS/c1-18-12-5-3-11(4-6-12)17-9-10-2-7-13(15)14(16)8-10/h2,7-8,11-12,17H,3-6,9H2,1H3. The summed E-state index contributed by atoms with van der Waals surface area (Å²) in [5.41, 5.74) is 1.20. The van der Waals surface area contributed by atoms with Crippen LogP contribution in [-0.4, -0.2) is 17.5 Å². The molecule has 0 atom stereocenters. The zero-order chi connectivity index (χ0) is 13.0. The minimum atomic E-state index is 0.626. The van der Waals surface area contributed by atoms with Crippen molar-refractivity contribution in [2.24, 2.45) is 0 Å². The van der Waals surface area contributed by atoms with Gasteiger partial charge in [0.15, 0.2) is 0 Å². The normalized spacial score (nSPS) is 24.2. The molecule has 0 heterocycles. The SMILES string of the molecule is CSC1CCC(NCc2ccc(Cl)c(Cl)c2)CC1. The molecular formula is C14H19Cl2NS. The van der Waals surface area contributed by atoms with Crippen LogP contribution in [0.2, 0.25) is 10.0 Å². The molecule has 1 fully saturated rings. The zero-order valence-corrected chi connectivity index (χ0v) is 12.9. The van der Waals surface area contributed by atoms with E-state index in [1.165, 1.54) is 31.2 Å². The van der Waals surface area contributed by atoms with Gasteiger partial charge in [0.1, 0.15) is 0 Å². The number of hydrogen-bond donors (Lipinski definition) is 1. The summed E-state index contributed by atoms with van der Waals surface area (Å²) in [6.07, 6.45) is 7.45. The number of nitrogens with one attached hydrogen (secondary N) is 1. The van der Waals surface area contributed by atoms with Crippen molar-refractivity contribution >= 4 is 35.0 Å². The molecule has 0 amide bonds. The molecule has 1 aliphatic rings. The quantitative estimate of drug-likeness (QED) is 0.861. The Morgan fingerprint density at radius 3 is 2.50 bits per heavy atom. The average Bonchev–Trinajstić information content (AvgIpc) is 2.41. The lowest BCUT2D eigenvalue weighted by Gasteiger charge is -2.28. The largest absolute Gasteiger partial charge is 0.310 e. The van der Waals surface area contributed by atoms with E-state index in [0.29, 0.717) is 16.1 Å². The maximum absolute atomic E-state index is 6.01. The molecule has 1 aliphatic carbocycles. The summed E-state index contributed by atoms with van der Waals surface area (Å²) in [6, 6.07) is 6.51. The highest BCUT2D eigenvalue weighted by molar-refractivity contribution is 7.99. The van der Waals surface area contributed by atoms with Crippen LogP contribution in [0.25, 0.3) is 0 Å². The van der Waals surface area contributed by atoms with Gasteiger partial charge in [0.05, 0.1) is 10.0 Å². The Balaban J connectivity index is 1.79. The molecule has 0 unspecified atom stereocenters. The van der Waals surface area contributed by atoms with Crippen molar-refractivity contribution in [3.8, 4) is 0 Å². The van der Waals surface area contributed by atoms with E-state index in [0.717, 1.165) is 11.8 Å². The fraction of sp³-hybridized carbons (Fsp3) is 0.571. The van der Waals surface area contributed by atoms with E-state index in [-0.39, 0.29) is 0 Å². The van der Waals surface area contributed by atoms with Gasteiger partial charge in [-0.3, -0.25) is 0 Å². The van der Waals surface area contributed by atoms with Crippen LogP contribution in [0, 0.1) is 0 Å². The minimum Gasteiger partial charge on any atom is -0.310 e. The summed E-state index contributed by atoms with van der Waals surface area (Å²) in [4.78, 5) is 0. The molecule has 1 aromatic rings. The van der Waals surface area contributed by atoms with Gasteiger partial charge >= 0.3 is 0 Å². The van der Waals surface area contributed by atoms with Crippen LogP contribution in [0.3, 0.4) is 0 Å². The lowest BCUT2D eigenvalue weighted by molar-refractivity contribution is 0.379. The van der Waals surface area contributed by atoms with Gasteiger partial charge in [0.2, 0.25) is 0 Å². The number of hydrogen-bond acceptors (Lipinski definition) is 2. The van der Waals surface area contributed by atoms with Crippen molar-refractivity contribution < 1.29 is 0 Å². The van der Waals surface area contributed by atoms with E-state index < -0.39 is 0 Å². The third-order valence-corrected chi connectivity index (χ3v) is 5.46. The second kappa shape index (κ2) is 7.04. The van der Waals surface area contributed by atoms with Crippen molar-refractivity contribution in [3.63, 3.8) is 0 Å². The third-order valence-electron chi connectivity index (χ3n) is 3.59. The van der Waals surface area contributed by atoms with Crippen LogP contribution >= 0.6 is 35.0 Å². The lowest BCUT2D eigenvalue weighted by atomic mass is 9.95. The molecule has 1 N–H and O–H groups in total. The smallest absolute Gasteiger partial charge is 0.0595 e. The van der Waals surface area contributed by atoms with E-state index in [2.05, 4.69) is 11.6 Å². The van der Waals surface area contributed by atoms with Crippen molar-refractivity contribution in [2.45, 2.75) is 43.5 Å². The zero-order valence-electron chi connectivity index (χ0n) is 10.6. The molecule has 0 spiro atoms. The molecule has 0 saturated heterocycles. The number of thioether (sulfide) groups is 1. The van der Waals surface area contributed by atoms with Gasteiger partial charge in [-0.25, -0.2) is 0 Å². The topological polar surface area (TPSA) is 12.0 Å². The first-order chi connectivity index (χ1) is 8.69. The minimum absolute atomic E-state index is 0.626. The summed E-state index contributed by atoms with van der Waals surface area (Å²) in [7, 11) is 0. The maximum Gasteiger partial charge on any atom is 0.0595 e. The number of benzene rings is 1. The predicted octanol–water partition coefficient (Wildman–Crippen LogP) is 4.76. The summed E-state index contributed by atoms with van der Waals surface area (Å²) >= 11 is 13.9. The summed E-state index contributed by atoms with van der Waals surface area (Å²) in [6.45, 7) is 0.880.